The van der Waals surface area contributed by atoms with Crippen LogP contribution in [0.3, 0.4) is 0 Å². The number of hydrogen-bond donors (Lipinski definition) is 0. The first-order chi connectivity index (χ1) is 14.1. The van der Waals surface area contributed by atoms with Gasteiger partial charge in [-0.2, -0.15) is 0 Å². The van der Waals surface area contributed by atoms with Crippen LogP contribution in [-0.4, -0.2) is 23.8 Å². The molecule has 0 aliphatic heterocycles. The van der Waals surface area contributed by atoms with Gasteiger partial charge in [-0.1, -0.05) is 13.8 Å². The van der Waals surface area contributed by atoms with Gasteiger partial charge in [-0.15, -0.1) is 0 Å². The minimum atomic E-state index is -0.287. The van der Waals surface area contributed by atoms with Crippen molar-refractivity contribution in [1.29, 1.82) is 0 Å². The lowest BCUT2D eigenvalue weighted by atomic mass is 9.44. The summed E-state index contributed by atoms with van der Waals surface area (Å²) in [5.74, 6) is 2.06. The Morgan fingerprint density at radius 3 is 2.40 bits per heavy atom. The topological polar surface area (TPSA) is 69.7 Å². The van der Waals surface area contributed by atoms with Gasteiger partial charge in [-0.25, -0.2) is 0 Å². The molecule has 0 saturated heterocycles. The largest absolute Gasteiger partial charge is 0.463 e. The number of carbonyl (C=O) groups is 3. The lowest BCUT2D eigenvalue weighted by Gasteiger charge is -2.59. The summed E-state index contributed by atoms with van der Waals surface area (Å²) >= 11 is 0. The van der Waals surface area contributed by atoms with Gasteiger partial charge in [0.25, 0.3) is 0 Å². The van der Waals surface area contributed by atoms with E-state index >= 15 is 0 Å². The Balaban J connectivity index is 1.60. The molecule has 0 spiro atoms. The summed E-state index contributed by atoms with van der Waals surface area (Å²) < 4.78 is 11.0. The molecular weight excluding hydrogens is 380 g/mol. The molecule has 5 heteroatoms. The normalized spacial score (nSPS) is 44.4. The molecule has 0 N–H and O–H groups in total. The second-order valence-electron chi connectivity index (χ2n) is 10.8. The van der Waals surface area contributed by atoms with Crippen molar-refractivity contribution in [3.63, 3.8) is 0 Å². The first-order valence-corrected chi connectivity index (χ1v) is 11.6. The third-order valence-electron chi connectivity index (χ3n) is 9.14. The van der Waals surface area contributed by atoms with Crippen molar-refractivity contribution < 1.29 is 23.9 Å². The van der Waals surface area contributed by atoms with E-state index in [9.17, 15) is 14.4 Å². The van der Waals surface area contributed by atoms with E-state index in [4.69, 9.17) is 9.47 Å². The van der Waals surface area contributed by atoms with Gasteiger partial charge in [0.05, 0.1) is 0 Å². The summed E-state index contributed by atoms with van der Waals surface area (Å²) in [6, 6.07) is 0. The number of ketones is 1. The van der Waals surface area contributed by atoms with E-state index in [1.807, 2.05) is 6.92 Å². The third-order valence-corrected chi connectivity index (χ3v) is 9.14. The van der Waals surface area contributed by atoms with Gasteiger partial charge < -0.3 is 9.47 Å². The predicted molar refractivity (Wildman–Crippen MR) is 112 cm³/mol. The van der Waals surface area contributed by atoms with Crippen LogP contribution >= 0.6 is 0 Å². The van der Waals surface area contributed by atoms with E-state index in [2.05, 4.69) is 13.8 Å². The zero-order valence-electron chi connectivity index (χ0n) is 19.1. The molecule has 0 unspecified atom stereocenters. The quantitative estimate of drug-likeness (QED) is 0.469. The Hall–Kier alpha value is -1.65. The van der Waals surface area contributed by atoms with Crippen molar-refractivity contribution in [3.8, 4) is 0 Å². The SMILES string of the molecule is CC(=O)O/C(C)=C1\CC[C@@H]2[C@@H]3CC[C@H]4C[C@H](OC(C)=O)CC[C@]4(C)[C@@H]3C(=O)C[C@@]12C. The van der Waals surface area contributed by atoms with Gasteiger partial charge in [0.1, 0.15) is 17.6 Å². The fourth-order valence-electron chi connectivity index (χ4n) is 8.05. The molecule has 4 aliphatic carbocycles. The van der Waals surface area contributed by atoms with Crippen LogP contribution in [0.2, 0.25) is 0 Å². The second kappa shape index (κ2) is 7.49. The molecule has 0 bridgehead atoms. The van der Waals surface area contributed by atoms with Crippen LogP contribution in [0.25, 0.3) is 0 Å². The highest BCUT2D eigenvalue weighted by molar-refractivity contribution is 5.85. The molecular formula is C25H36O5. The molecule has 7 atom stereocenters. The zero-order valence-corrected chi connectivity index (χ0v) is 19.1. The molecule has 0 aromatic rings. The smallest absolute Gasteiger partial charge is 0.307 e. The van der Waals surface area contributed by atoms with Crippen molar-refractivity contribution in [2.24, 2.45) is 34.5 Å². The molecule has 0 aromatic carbocycles. The molecule has 4 aliphatic rings. The first-order valence-electron chi connectivity index (χ1n) is 11.6. The number of allylic oxidation sites excluding steroid dienone is 2. The highest BCUT2D eigenvalue weighted by Gasteiger charge is 2.62. The van der Waals surface area contributed by atoms with E-state index in [1.54, 1.807) is 0 Å². The lowest BCUT2D eigenvalue weighted by Crippen LogP contribution is -2.57. The van der Waals surface area contributed by atoms with Crippen molar-refractivity contribution in [3.05, 3.63) is 11.3 Å². The molecule has 4 rings (SSSR count). The lowest BCUT2D eigenvalue weighted by molar-refractivity contribution is -0.166. The maximum absolute atomic E-state index is 13.7. The molecule has 4 saturated carbocycles. The summed E-state index contributed by atoms with van der Waals surface area (Å²) in [6.07, 6.45) is 7.46. The molecule has 30 heavy (non-hydrogen) atoms. The van der Waals surface area contributed by atoms with Crippen molar-refractivity contribution in [1.82, 2.24) is 0 Å². The molecule has 5 nitrogen and oxygen atoms in total. The molecule has 166 valence electrons. The summed E-state index contributed by atoms with van der Waals surface area (Å²) in [4.78, 5) is 36.6. The van der Waals surface area contributed by atoms with E-state index < -0.39 is 0 Å². The number of hydrogen-bond acceptors (Lipinski definition) is 5. The molecule has 0 amide bonds. The number of Topliss-reactive ketones (excluding diaryl/α,β-unsaturated/α-hetero) is 1. The van der Waals surface area contributed by atoms with Gasteiger partial charge in [-0.05, 0) is 80.6 Å². The van der Waals surface area contributed by atoms with E-state index in [1.165, 1.54) is 19.4 Å². The molecule has 0 radical (unpaired) electrons. The fourth-order valence-corrected chi connectivity index (χ4v) is 8.05. The Bertz CT molecular complexity index is 797. The summed E-state index contributed by atoms with van der Waals surface area (Å²) in [5.41, 5.74) is 1.01. The molecule has 0 heterocycles. The summed E-state index contributed by atoms with van der Waals surface area (Å²) in [5, 5.41) is 0. The van der Waals surface area contributed by atoms with Crippen LogP contribution in [0, 0.1) is 34.5 Å². The Labute approximate surface area is 179 Å². The maximum atomic E-state index is 13.7. The highest BCUT2D eigenvalue weighted by atomic mass is 16.5. The summed E-state index contributed by atoms with van der Waals surface area (Å²) in [6.45, 7) is 9.37. The number of ether oxygens (including phenoxy) is 2. The Kier molecular flexibility index (Phi) is 5.39. The van der Waals surface area contributed by atoms with Crippen LogP contribution in [0.1, 0.15) is 86.0 Å². The van der Waals surface area contributed by atoms with Crippen LogP contribution in [0.5, 0.6) is 0 Å². The van der Waals surface area contributed by atoms with Crippen LogP contribution in [-0.2, 0) is 23.9 Å². The fraction of sp³-hybridized carbons (Fsp3) is 0.800. The first kappa shape index (κ1) is 21.6. The van der Waals surface area contributed by atoms with E-state index in [0.717, 1.165) is 44.9 Å². The average molecular weight is 417 g/mol. The Morgan fingerprint density at radius 2 is 1.73 bits per heavy atom. The van der Waals surface area contributed by atoms with Gasteiger partial charge in [-0.3, -0.25) is 14.4 Å². The number of carbonyl (C=O) groups excluding carboxylic acids is 3. The number of fused-ring (bicyclic) bond motifs is 5. The van der Waals surface area contributed by atoms with E-state index in [-0.39, 0.29) is 34.8 Å². The van der Waals surface area contributed by atoms with Crippen LogP contribution in [0.4, 0.5) is 0 Å². The number of esters is 2. The maximum Gasteiger partial charge on any atom is 0.307 e. The van der Waals surface area contributed by atoms with Crippen LogP contribution in [0.15, 0.2) is 11.3 Å². The zero-order chi connectivity index (χ0) is 21.8. The van der Waals surface area contributed by atoms with Gasteiger partial charge in [0.2, 0.25) is 0 Å². The summed E-state index contributed by atoms with van der Waals surface area (Å²) in [7, 11) is 0. The molecule has 0 aromatic heterocycles. The minimum Gasteiger partial charge on any atom is -0.463 e. The van der Waals surface area contributed by atoms with Gasteiger partial charge in [0.15, 0.2) is 0 Å². The highest BCUT2D eigenvalue weighted by Crippen LogP contribution is 2.66. The van der Waals surface area contributed by atoms with Gasteiger partial charge in [0, 0.05) is 31.6 Å². The van der Waals surface area contributed by atoms with Crippen molar-refractivity contribution >= 4 is 17.7 Å². The standard InChI is InChI=1S/C25H36O5/c1-14(29-15(2)26)20-8-9-21-19-7-6-17-12-18(30-16(3)27)10-11-24(17,4)23(19)22(28)13-25(20,21)5/h17-19,21,23H,6-13H2,1-5H3/b20-14+/t17-,18+,19-,21+,23-,24-,25-/m0/s1. The van der Waals surface area contributed by atoms with E-state index in [0.29, 0.717) is 35.7 Å². The van der Waals surface area contributed by atoms with Crippen LogP contribution < -0.4 is 0 Å². The molecule has 4 fully saturated rings. The minimum absolute atomic E-state index is 0.00785. The Morgan fingerprint density at radius 1 is 1.00 bits per heavy atom. The second-order valence-corrected chi connectivity index (χ2v) is 10.8. The third kappa shape index (κ3) is 3.33. The monoisotopic (exact) mass is 416 g/mol. The van der Waals surface area contributed by atoms with Crippen molar-refractivity contribution in [2.45, 2.75) is 92.1 Å². The predicted octanol–water partition coefficient (Wildman–Crippen LogP) is 4.98. The number of rotatable bonds is 2. The van der Waals surface area contributed by atoms with Crippen molar-refractivity contribution in [2.75, 3.05) is 0 Å². The van der Waals surface area contributed by atoms with Gasteiger partial charge >= 0.3 is 11.9 Å². The average Bonchev–Trinajstić information content (AvgIpc) is 2.97.